The first kappa shape index (κ1) is 12.7. The lowest BCUT2D eigenvalue weighted by molar-refractivity contribution is -0.506. The van der Waals surface area contributed by atoms with Crippen LogP contribution in [0, 0.1) is 10.1 Å². The molecule has 5 heteroatoms. The summed E-state index contributed by atoms with van der Waals surface area (Å²) in [7, 11) is 0. The molecule has 0 aliphatic rings. The molecule has 0 bridgehead atoms. The largest absolute Gasteiger partial charge is 0.300 e. The predicted octanol–water partition coefficient (Wildman–Crippen LogP) is 1.37. The number of ketones is 2. The second-order valence-electron chi connectivity index (χ2n) is 3.28. The van der Waals surface area contributed by atoms with Gasteiger partial charge in [0.25, 0.3) is 6.04 Å². The van der Waals surface area contributed by atoms with Crippen molar-refractivity contribution in [2.45, 2.75) is 45.6 Å². The van der Waals surface area contributed by atoms with Gasteiger partial charge in [-0.3, -0.25) is 19.7 Å². The molecule has 0 rings (SSSR count). The SMILES string of the molecule is CCCCC(=O)[C@@H](CC(C)=O)[N+](=O)[O-]. The first-order valence-corrected chi connectivity index (χ1v) is 4.64. The van der Waals surface area contributed by atoms with E-state index in [2.05, 4.69) is 0 Å². The molecule has 0 amide bonds. The van der Waals surface area contributed by atoms with E-state index in [1.165, 1.54) is 6.92 Å². The van der Waals surface area contributed by atoms with Crippen LogP contribution in [-0.4, -0.2) is 22.5 Å². The molecule has 0 aromatic carbocycles. The topological polar surface area (TPSA) is 77.3 Å². The Morgan fingerprint density at radius 3 is 2.36 bits per heavy atom. The van der Waals surface area contributed by atoms with E-state index < -0.39 is 16.7 Å². The Kier molecular flexibility index (Phi) is 5.67. The number of carbonyl (C=O) groups excluding carboxylic acids is 2. The highest BCUT2D eigenvalue weighted by Gasteiger charge is 2.29. The molecule has 80 valence electrons. The summed E-state index contributed by atoms with van der Waals surface area (Å²) in [4.78, 5) is 31.8. The number of hydrogen-bond donors (Lipinski definition) is 0. The van der Waals surface area contributed by atoms with Gasteiger partial charge in [-0.1, -0.05) is 13.3 Å². The summed E-state index contributed by atoms with van der Waals surface area (Å²) >= 11 is 0. The Morgan fingerprint density at radius 2 is 2.00 bits per heavy atom. The average Bonchev–Trinajstić information content (AvgIpc) is 2.09. The molecule has 0 saturated heterocycles. The number of nitrogens with zero attached hydrogens (tertiary/aromatic N) is 1. The Bertz CT molecular complexity index is 237. The van der Waals surface area contributed by atoms with Crippen molar-refractivity contribution in [2.24, 2.45) is 0 Å². The molecule has 0 unspecified atom stereocenters. The van der Waals surface area contributed by atoms with Crippen LogP contribution in [0.2, 0.25) is 0 Å². The van der Waals surface area contributed by atoms with Gasteiger partial charge in [0.15, 0.2) is 0 Å². The first-order valence-electron chi connectivity index (χ1n) is 4.64. The quantitative estimate of drug-likeness (QED) is 0.460. The van der Waals surface area contributed by atoms with Crippen molar-refractivity contribution >= 4 is 11.6 Å². The summed E-state index contributed by atoms with van der Waals surface area (Å²) in [6.07, 6.45) is 1.36. The molecule has 0 aromatic rings. The Morgan fingerprint density at radius 1 is 1.43 bits per heavy atom. The third-order valence-electron chi connectivity index (χ3n) is 1.88. The van der Waals surface area contributed by atoms with Gasteiger partial charge in [0.05, 0.1) is 6.42 Å². The summed E-state index contributed by atoms with van der Waals surface area (Å²) in [6, 6.07) is -1.33. The zero-order valence-corrected chi connectivity index (χ0v) is 8.49. The van der Waals surface area contributed by atoms with Gasteiger partial charge in [0.2, 0.25) is 5.78 Å². The minimum atomic E-state index is -1.33. The Hall–Kier alpha value is -1.26. The fourth-order valence-electron chi connectivity index (χ4n) is 1.10. The number of carbonyl (C=O) groups is 2. The summed E-state index contributed by atoms with van der Waals surface area (Å²) in [6.45, 7) is 3.16. The molecular weight excluding hydrogens is 186 g/mol. The van der Waals surface area contributed by atoms with Gasteiger partial charge in [0.1, 0.15) is 5.78 Å². The first-order chi connectivity index (χ1) is 6.49. The van der Waals surface area contributed by atoms with Crippen LogP contribution in [0.1, 0.15) is 39.5 Å². The summed E-state index contributed by atoms with van der Waals surface area (Å²) < 4.78 is 0. The third-order valence-corrected chi connectivity index (χ3v) is 1.88. The van der Waals surface area contributed by atoms with Gasteiger partial charge in [0, 0.05) is 11.3 Å². The van der Waals surface area contributed by atoms with Crippen LogP contribution in [0.4, 0.5) is 0 Å². The van der Waals surface area contributed by atoms with E-state index >= 15 is 0 Å². The standard InChI is InChI=1S/C9H15NO4/c1-3-4-5-9(12)8(10(13)14)6-7(2)11/h8H,3-6H2,1-2H3/t8-/m1/s1. The number of unbranched alkanes of at least 4 members (excludes halogenated alkanes) is 1. The van der Waals surface area contributed by atoms with Crippen molar-refractivity contribution in [3.63, 3.8) is 0 Å². The minimum absolute atomic E-state index is 0.190. The Balaban J connectivity index is 4.26. The third kappa shape index (κ3) is 4.69. The molecule has 0 heterocycles. The summed E-state index contributed by atoms with van der Waals surface area (Å²) in [5, 5.41) is 10.5. The van der Waals surface area contributed by atoms with Crippen molar-refractivity contribution in [3.05, 3.63) is 10.1 Å². The maximum absolute atomic E-state index is 11.3. The highest BCUT2D eigenvalue weighted by atomic mass is 16.6. The predicted molar refractivity (Wildman–Crippen MR) is 50.6 cm³/mol. The number of hydrogen-bond acceptors (Lipinski definition) is 4. The molecule has 0 saturated carbocycles. The van der Waals surface area contributed by atoms with Crippen LogP contribution in [0.5, 0.6) is 0 Å². The van der Waals surface area contributed by atoms with Crippen molar-refractivity contribution in [1.29, 1.82) is 0 Å². The molecule has 0 aliphatic heterocycles. The lowest BCUT2D eigenvalue weighted by Gasteiger charge is -2.05. The van der Waals surface area contributed by atoms with Crippen molar-refractivity contribution in [3.8, 4) is 0 Å². The van der Waals surface area contributed by atoms with E-state index in [9.17, 15) is 19.7 Å². The maximum Gasteiger partial charge on any atom is 0.277 e. The molecule has 0 N–H and O–H groups in total. The lowest BCUT2D eigenvalue weighted by Crippen LogP contribution is -2.31. The van der Waals surface area contributed by atoms with Gasteiger partial charge in [-0.15, -0.1) is 0 Å². The molecule has 0 fully saturated rings. The average molecular weight is 201 g/mol. The van der Waals surface area contributed by atoms with Crippen LogP contribution < -0.4 is 0 Å². The molecule has 0 spiro atoms. The molecule has 1 atom stereocenters. The van der Waals surface area contributed by atoms with E-state index in [1.54, 1.807) is 0 Å². The molecule has 0 radical (unpaired) electrons. The van der Waals surface area contributed by atoms with E-state index in [4.69, 9.17) is 0 Å². The highest BCUT2D eigenvalue weighted by Crippen LogP contribution is 2.06. The Labute approximate surface area is 82.6 Å². The van der Waals surface area contributed by atoms with Crippen LogP contribution in [-0.2, 0) is 9.59 Å². The smallest absolute Gasteiger partial charge is 0.277 e. The molecule has 0 aliphatic carbocycles. The second kappa shape index (κ2) is 6.23. The van der Waals surface area contributed by atoms with E-state index in [-0.39, 0.29) is 18.6 Å². The second-order valence-corrected chi connectivity index (χ2v) is 3.28. The van der Waals surface area contributed by atoms with Gasteiger partial charge in [-0.2, -0.15) is 0 Å². The molecule has 14 heavy (non-hydrogen) atoms. The summed E-state index contributed by atoms with van der Waals surface area (Å²) in [5.74, 6) is -0.761. The monoisotopic (exact) mass is 201 g/mol. The van der Waals surface area contributed by atoms with E-state index in [0.29, 0.717) is 6.42 Å². The van der Waals surface area contributed by atoms with Crippen LogP contribution in [0.15, 0.2) is 0 Å². The zero-order valence-electron chi connectivity index (χ0n) is 8.49. The fourth-order valence-corrected chi connectivity index (χ4v) is 1.10. The molecule has 0 aromatic heterocycles. The van der Waals surface area contributed by atoms with E-state index in [0.717, 1.165) is 6.42 Å². The lowest BCUT2D eigenvalue weighted by atomic mass is 10.0. The number of rotatable bonds is 7. The van der Waals surface area contributed by atoms with Gasteiger partial charge < -0.3 is 0 Å². The van der Waals surface area contributed by atoms with Crippen molar-refractivity contribution in [2.75, 3.05) is 0 Å². The number of Topliss-reactive ketones (excluding diaryl/α,β-unsaturated/α-hetero) is 2. The maximum atomic E-state index is 11.3. The van der Waals surface area contributed by atoms with E-state index in [1.807, 2.05) is 6.92 Å². The van der Waals surface area contributed by atoms with Crippen LogP contribution >= 0.6 is 0 Å². The van der Waals surface area contributed by atoms with Gasteiger partial charge in [-0.05, 0) is 13.3 Å². The molecule has 5 nitrogen and oxygen atoms in total. The summed E-state index contributed by atoms with van der Waals surface area (Å²) in [5.41, 5.74) is 0. The fraction of sp³-hybridized carbons (Fsp3) is 0.778. The van der Waals surface area contributed by atoms with Gasteiger partial charge in [-0.25, -0.2) is 0 Å². The van der Waals surface area contributed by atoms with Crippen molar-refractivity contribution in [1.82, 2.24) is 0 Å². The van der Waals surface area contributed by atoms with Crippen molar-refractivity contribution < 1.29 is 14.5 Å². The zero-order chi connectivity index (χ0) is 11.1. The van der Waals surface area contributed by atoms with Gasteiger partial charge >= 0.3 is 0 Å². The minimum Gasteiger partial charge on any atom is -0.300 e. The normalized spacial score (nSPS) is 12.1. The highest BCUT2D eigenvalue weighted by molar-refractivity contribution is 5.88. The molecular formula is C9H15NO4. The number of nitro groups is 1. The van der Waals surface area contributed by atoms with Crippen LogP contribution in [0.25, 0.3) is 0 Å². The van der Waals surface area contributed by atoms with Crippen LogP contribution in [0.3, 0.4) is 0 Å².